The third-order valence-corrected chi connectivity index (χ3v) is 8.41. The number of aryl methyl sites for hydroxylation is 1. The number of ether oxygens (including phenoxy) is 1. The van der Waals surface area contributed by atoms with E-state index in [2.05, 4.69) is 20.3 Å². The summed E-state index contributed by atoms with van der Waals surface area (Å²) < 4.78 is 33.7. The minimum Gasteiger partial charge on any atom is -0.495 e. The number of hydrogen-bond acceptors (Lipinski definition) is 7. The number of rotatable bonds is 11. The summed E-state index contributed by atoms with van der Waals surface area (Å²) in [5, 5.41) is 8.70. The van der Waals surface area contributed by atoms with Crippen LogP contribution in [0.1, 0.15) is 30.5 Å². The van der Waals surface area contributed by atoms with Gasteiger partial charge in [0, 0.05) is 30.5 Å². The Balaban J connectivity index is 1.37. The molecule has 38 heavy (non-hydrogen) atoms. The van der Waals surface area contributed by atoms with Crippen molar-refractivity contribution in [3.05, 3.63) is 89.3 Å². The van der Waals surface area contributed by atoms with Crippen LogP contribution in [0, 0.1) is 0 Å². The summed E-state index contributed by atoms with van der Waals surface area (Å²) in [6.45, 7) is 1.81. The molecule has 0 unspecified atom stereocenters. The Morgan fingerprint density at radius 3 is 2.45 bits per heavy atom. The van der Waals surface area contributed by atoms with Crippen LogP contribution in [0.2, 0.25) is 0 Å². The predicted octanol–water partition coefficient (Wildman–Crippen LogP) is 5.47. The molecule has 0 aliphatic rings. The van der Waals surface area contributed by atoms with E-state index in [0.29, 0.717) is 17.9 Å². The van der Waals surface area contributed by atoms with Gasteiger partial charge in [-0.3, -0.25) is 4.79 Å². The van der Waals surface area contributed by atoms with Crippen molar-refractivity contribution >= 4 is 38.1 Å². The molecule has 3 N–H and O–H groups in total. The van der Waals surface area contributed by atoms with Crippen LogP contribution in [-0.2, 0) is 21.2 Å². The van der Waals surface area contributed by atoms with Crippen LogP contribution >= 0.6 is 11.3 Å². The van der Waals surface area contributed by atoms with Gasteiger partial charge in [0.05, 0.1) is 23.4 Å². The van der Waals surface area contributed by atoms with Gasteiger partial charge in [-0.15, -0.1) is 11.3 Å². The van der Waals surface area contributed by atoms with E-state index in [1.165, 1.54) is 11.3 Å². The molecule has 3 aromatic carbocycles. The Hall–Kier alpha value is -3.73. The highest BCUT2D eigenvalue weighted by Crippen LogP contribution is 2.32. The highest BCUT2D eigenvalue weighted by molar-refractivity contribution is 7.89. The van der Waals surface area contributed by atoms with E-state index in [-0.39, 0.29) is 23.3 Å². The van der Waals surface area contributed by atoms with Crippen molar-refractivity contribution in [1.82, 2.24) is 9.71 Å². The number of carbonyl (C=O) groups is 1. The number of amides is 1. The van der Waals surface area contributed by atoms with Gasteiger partial charge in [-0.1, -0.05) is 42.5 Å². The summed E-state index contributed by atoms with van der Waals surface area (Å²) in [6, 6.07) is 21.2. The van der Waals surface area contributed by atoms with Crippen LogP contribution in [0.3, 0.4) is 0 Å². The first kappa shape index (κ1) is 27.3. The summed E-state index contributed by atoms with van der Waals surface area (Å²) in [6.07, 6.45) is 0.684. The zero-order chi connectivity index (χ0) is 27.1. The second-order valence-corrected chi connectivity index (χ2v) is 11.2. The number of nitrogens with zero attached hydrogens (tertiary/aromatic N) is 1. The molecule has 0 aliphatic heterocycles. The predicted molar refractivity (Wildman–Crippen MR) is 152 cm³/mol. The van der Waals surface area contributed by atoms with Crippen LogP contribution in [0.15, 0.2) is 83.1 Å². The summed E-state index contributed by atoms with van der Waals surface area (Å²) >= 11 is 1.50. The molecule has 4 aromatic rings. The largest absolute Gasteiger partial charge is 0.495 e. The van der Waals surface area contributed by atoms with Crippen LogP contribution in [0.5, 0.6) is 5.75 Å². The Bertz CT molecular complexity index is 1490. The monoisotopic (exact) mass is 550 g/mol. The SMILES string of the molecule is CNc1nc(-c2ccc(OC)c(NC(=O)CCc3ccc(S(=O)(=O)N[C@@H](C)c4ccccc4)cc3)c2)cs1. The summed E-state index contributed by atoms with van der Waals surface area (Å²) in [4.78, 5) is 17.4. The molecule has 0 spiro atoms. The van der Waals surface area contributed by atoms with E-state index < -0.39 is 10.0 Å². The van der Waals surface area contributed by atoms with E-state index in [4.69, 9.17) is 4.74 Å². The minimum atomic E-state index is -3.68. The van der Waals surface area contributed by atoms with E-state index in [9.17, 15) is 13.2 Å². The van der Waals surface area contributed by atoms with E-state index >= 15 is 0 Å². The number of sulfonamides is 1. The Kier molecular flexibility index (Phi) is 8.77. The van der Waals surface area contributed by atoms with Crippen molar-refractivity contribution in [3.8, 4) is 17.0 Å². The molecular formula is C28H30N4O4S2. The molecule has 1 atom stereocenters. The lowest BCUT2D eigenvalue weighted by Crippen LogP contribution is -2.26. The van der Waals surface area contributed by atoms with Gasteiger partial charge >= 0.3 is 0 Å². The molecule has 0 saturated heterocycles. The van der Waals surface area contributed by atoms with E-state index in [0.717, 1.165) is 27.5 Å². The normalized spacial score (nSPS) is 12.1. The maximum Gasteiger partial charge on any atom is 0.241 e. The number of nitrogens with one attached hydrogen (secondary N) is 3. The first-order chi connectivity index (χ1) is 18.3. The quantitative estimate of drug-likeness (QED) is 0.228. The fourth-order valence-electron chi connectivity index (χ4n) is 3.90. The highest BCUT2D eigenvalue weighted by atomic mass is 32.2. The van der Waals surface area contributed by atoms with Crippen LogP contribution < -0.4 is 20.1 Å². The molecule has 8 nitrogen and oxygen atoms in total. The van der Waals surface area contributed by atoms with Crippen molar-refractivity contribution < 1.29 is 17.9 Å². The van der Waals surface area contributed by atoms with Crippen molar-refractivity contribution in [1.29, 1.82) is 0 Å². The third kappa shape index (κ3) is 6.77. The topological polar surface area (TPSA) is 109 Å². The molecule has 4 rings (SSSR count). The zero-order valence-electron chi connectivity index (χ0n) is 21.4. The molecule has 0 saturated carbocycles. The number of carbonyl (C=O) groups excluding carboxylic acids is 1. The fraction of sp³-hybridized carbons (Fsp3) is 0.214. The summed E-state index contributed by atoms with van der Waals surface area (Å²) in [5.41, 5.74) is 3.98. The molecule has 1 amide bonds. The van der Waals surface area contributed by atoms with Crippen molar-refractivity contribution in [2.45, 2.75) is 30.7 Å². The van der Waals surface area contributed by atoms with Gasteiger partial charge < -0.3 is 15.4 Å². The third-order valence-electron chi connectivity index (χ3n) is 5.99. The molecule has 0 aliphatic carbocycles. The second-order valence-electron chi connectivity index (χ2n) is 8.65. The van der Waals surface area contributed by atoms with E-state index in [1.54, 1.807) is 44.4 Å². The van der Waals surface area contributed by atoms with Crippen molar-refractivity contribution in [2.24, 2.45) is 0 Å². The van der Waals surface area contributed by atoms with Crippen molar-refractivity contribution in [2.75, 3.05) is 24.8 Å². The van der Waals surface area contributed by atoms with Crippen molar-refractivity contribution in [3.63, 3.8) is 0 Å². The van der Waals surface area contributed by atoms with Gasteiger partial charge in [0.2, 0.25) is 15.9 Å². The number of aromatic nitrogens is 1. The number of thiazole rings is 1. The van der Waals surface area contributed by atoms with Crippen LogP contribution in [0.25, 0.3) is 11.3 Å². The maximum atomic E-state index is 12.8. The molecule has 1 aromatic heterocycles. The first-order valence-corrected chi connectivity index (χ1v) is 14.4. The molecule has 0 fully saturated rings. The number of methoxy groups -OCH3 is 1. The Morgan fingerprint density at radius 1 is 1.05 bits per heavy atom. The van der Waals surface area contributed by atoms with Gasteiger partial charge in [-0.25, -0.2) is 18.1 Å². The average Bonchev–Trinajstić information content (AvgIpc) is 3.42. The van der Waals surface area contributed by atoms with Crippen LogP contribution in [-0.4, -0.2) is 33.5 Å². The lowest BCUT2D eigenvalue weighted by atomic mass is 10.1. The highest BCUT2D eigenvalue weighted by Gasteiger charge is 2.18. The van der Waals surface area contributed by atoms with Crippen LogP contribution in [0.4, 0.5) is 10.8 Å². The molecular weight excluding hydrogens is 520 g/mol. The van der Waals surface area contributed by atoms with Gasteiger partial charge in [0.25, 0.3) is 0 Å². The lowest BCUT2D eigenvalue weighted by molar-refractivity contribution is -0.116. The fourth-order valence-corrected chi connectivity index (χ4v) is 5.82. The second kappa shape index (κ2) is 12.2. The Labute approximate surface area is 227 Å². The average molecular weight is 551 g/mol. The maximum absolute atomic E-state index is 12.8. The zero-order valence-corrected chi connectivity index (χ0v) is 23.0. The standard InChI is InChI=1S/C28H30N4O4S2/c1-19(21-7-5-4-6-8-21)32-38(34,35)23-13-9-20(10-14-23)11-16-27(33)30-24-17-22(12-15-26(24)36-3)25-18-37-28(29-2)31-25/h4-10,12-15,17-19,32H,11,16H2,1-3H3,(H,29,31)(H,30,33)/t19-/m0/s1. The van der Waals surface area contributed by atoms with Gasteiger partial charge in [0.1, 0.15) is 5.75 Å². The summed E-state index contributed by atoms with van der Waals surface area (Å²) in [7, 11) is -0.312. The lowest BCUT2D eigenvalue weighted by Gasteiger charge is -2.15. The smallest absolute Gasteiger partial charge is 0.241 e. The molecule has 198 valence electrons. The first-order valence-electron chi connectivity index (χ1n) is 12.1. The Morgan fingerprint density at radius 2 is 1.79 bits per heavy atom. The molecule has 0 bridgehead atoms. The minimum absolute atomic E-state index is 0.176. The molecule has 0 radical (unpaired) electrons. The number of hydrogen-bond donors (Lipinski definition) is 3. The number of benzene rings is 3. The van der Waals surface area contributed by atoms with Gasteiger partial charge in [-0.2, -0.15) is 0 Å². The summed E-state index contributed by atoms with van der Waals surface area (Å²) in [5.74, 6) is 0.377. The van der Waals surface area contributed by atoms with Gasteiger partial charge in [-0.05, 0) is 54.8 Å². The van der Waals surface area contributed by atoms with Gasteiger partial charge in [0.15, 0.2) is 5.13 Å². The molecule has 1 heterocycles. The van der Waals surface area contributed by atoms with E-state index in [1.807, 2.05) is 54.9 Å². The number of anilines is 2. The molecule has 10 heteroatoms.